The number of allylic oxidation sites excluding steroid dienone is 1. The summed E-state index contributed by atoms with van der Waals surface area (Å²) in [5.74, 6) is 0.293. The van der Waals surface area contributed by atoms with Gasteiger partial charge in [0, 0.05) is 11.3 Å². The molecular weight excluding hydrogens is 635 g/mol. The van der Waals surface area contributed by atoms with Crippen molar-refractivity contribution in [2.75, 3.05) is 26.9 Å². The normalized spacial score (nSPS) is 15.0. The minimum Gasteiger partial charge on any atom is -0.490 e. The van der Waals surface area contributed by atoms with Gasteiger partial charge in [-0.3, -0.25) is 5.43 Å². The average Bonchev–Trinajstić information content (AvgIpc) is 3.04. The van der Waals surface area contributed by atoms with Crippen LogP contribution in [-0.2, 0) is 16.1 Å². The number of benzene rings is 3. The molecule has 0 unspecified atom stereocenters. The number of hydrazone groups is 1. The van der Waals surface area contributed by atoms with Crippen LogP contribution >= 0.6 is 11.6 Å². The van der Waals surface area contributed by atoms with E-state index in [1.807, 2.05) is 0 Å². The van der Waals surface area contributed by atoms with Crippen LogP contribution in [0.5, 0.6) is 23.0 Å². The smallest absolute Gasteiger partial charge is 0.337 e. The lowest BCUT2D eigenvalue weighted by atomic mass is 9.95. The predicted molar refractivity (Wildman–Crippen MR) is 172 cm³/mol. The minimum absolute atomic E-state index is 0.0404. The highest BCUT2D eigenvalue weighted by Gasteiger charge is 2.32. The van der Waals surface area contributed by atoms with Crippen molar-refractivity contribution in [3.63, 3.8) is 0 Å². The van der Waals surface area contributed by atoms with Gasteiger partial charge < -0.3 is 39.4 Å². The van der Waals surface area contributed by atoms with E-state index in [1.165, 1.54) is 19.4 Å². The molecule has 0 fully saturated rings. The number of ether oxygens (including phenoxy) is 5. The van der Waals surface area contributed by atoms with E-state index in [0.717, 1.165) is 0 Å². The number of nitrogens with zero attached hydrogens (tertiary/aromatic N) is 1. The van der Waals surface area contributed by atoms with Crippen molar-refractivity contribution in [2.24, 2.45) is 5.10 Å². The summed E-state index contributed by atoms with van der Waals surface area (Å²) in [4.78, 5) is 24.6. The second-order valence-electron chi connectivity index (χ2n) is 10.1. The van der Waals surface area contributed by atoms with Crippen LogP contribution in [0.2, 0.25) is 5.02 Å². The van der Waals surface area contributed by atoms with Crippen LogP contribution < -0.4 is 35.0 Å². The number of aliphatic hydroxyl groups is 1. The molecule has 14 heteroatoms. The van der Waals surface area contributed by atoms with Crippen molar-refractivity contribution in [1.29, 1.82) is 0 Å². The Bertz CT molecular complexity index is 1650. The molecular formula is C33H36ClFN4O8. The number of hydrogen-bond acceptors (Lipinski definition) is 10. The van der Waals surface area contributed by atoms with Gasteiger partial charge in [-0.15, -0.1) is 0 Å². The molecule has 4 rings (SSSR count). The van der Waals surface area contributed by atoms with E-state index >= 15 is 0 Å². The Labute approximate surface area is 276 Å². The molecule has 1 aliphatic heterocycles. The number of carbonyl (C=O) groups excluding carboxylic acids is 2. The Morgan fingerprint density at radius 1 is 1.06 bits per heavy atom. The third-order valence-electron chi connectivity index (χ3n) is 6.77. The molecule has 4 N–H and O–H groups in total. The SMILES string of the molecule is CCOc1cc([C@@H]2NC(=O)NC(C)=C2C(=O)OC)ccc1OC[C@@H](O)N/N=C\c1cc(Cl)c(OCc2ccccc2F)c(OCC)c1. The molecule has 1 aliphatic rings. The van der Waals surface area contributed by atoms with Crippen LogP contribution in [0.15, 0.2) is 71.0 Å². The van der Waals surface area contributed by atoms with Crippen molar-refractivity contribution >= 4 is 29.8 Å². The Kier molecular flexibility index (Phi) is 12.3. The number of esters is 1. The monoisotopic (exact) mass is 670 g/mol. The number of amides is 2. The number of nitrogens with one attached hydrogen (secondary N) is 3. The number of carbonyl (C=O) groups is 2. The fraction of sp³-hybridized carbons (Fsp3) is 0.303. The topological polar surface area (TPSA) is 149 Å². The molecule has 1 heterocycles. The Balaban J connectivity index is 1.40. The molecule has 0 bridgehead atoms. The zero-order valence-electron chi connectivity index (χ0n) is 26.3. The molecule has 47 heavy (non-hydrogen) atoms. The lowest BCUT2D eigenvalue weighted by Gasteiger charge is -2.28. The highest BCUT2D eigenvalue weighted by Crippen LogP contribution is 2.37. The van der Waals surface area contributed by atoms with E-state index in [2.05, 4.69) is 21.2 Å². The van der Waals surface area contributed by atoms with Gasteiger partial charge in [-0.1, -0.05) is 35.9 Å². The first-order valence-electron chi connectivity index (χ1n) is 14.7. The number of urea groups is 1. The van der Waals surface area contributed by atoms with Crippen LogP contribution in [-0.4, -0.2) is 56.5 Å². The van der Waals surface area contributed by atoms with Gasteiger partial charge in [0.15, 0.2) is 29.2 Å². The second-order valence-corrected chi connectivity index (χ2v) is 10.5. The van der Waals surface area contributed by atoms with Crippen molar-refractivity contribution in [3.05, 3.63) is 93.4 Å². The van der Waals surface area contributed by atoms with Gasteiger partial charge >= 0.3 is 12.0 Å². The first kappa shape index (κ1) is 34.9. The fourth-order valence-corrected chi connectivity index (χ4v) is 4.92. The van der Waals surface area contributed by atoms with Crippen molar-refractivity contribution < 1.29 is 42.8 Å². The quantitative estimate of drug-likeness (QED) is 0.0761. The van der Waals surface area contributed by atoms with Crippen molar-refractivity contribution in [1.82, 2.24) is 16.1 Å². The number of aliphatic hydroxyl groups excluding tert-OH is 1. The number of hydrogen-bond donors (Lipinski definition) is 4. The van der Waals surface area contributed by atoms with E-state index in [0.29, 0.717) is 52.8 Å². The molecule has 12 nitrogen and oxygen atoms in total. The van der Waals surface area contributed by atoms with Gasteiger partial charge in [-0.05, 0) is 62.2 Å². The van der Waals surface area contributed by atoms with Gasteiger partial charge in [-0.2, -0.15) is 5.10 Å². The molecule has 0 radical (unpaired) electrons. The fourth-order valence-electron chi connectivity index (χ4n) is 4.65. The Morgan fingerprint density at radius 3 is 2.53 bits per heavy atom. The summed E-state index contributed by atoms with van der Waals surface area (Å²) in [6.45, 7) is 5.61. The molecule has 2 amide bonds. The maximum atomic E-state index is 14.0. The maximum absolute atomic E-state index is 14.0. The van der Waals surface area contributed by atoms with Crippen molar-refractivity contribution in [2.45, 2.75) is 39.6 Å². The molecule has 250 valence electrons. The van der Waals surface area contributed by atoms with Gasteiger partial charge in [-0.25, -0.2) is 14.0 Å². The van der Waals surface area contributed by atoms with Crippen molar-refractivity contribution in [3.8, 4) is 23.0 Å². The van der Waals surface area contributed by atoms with E-state index in [1.54, 1.807) is 69.3 Å². The first-order valence-corrected chi connectivity index (χ1v) is 15.1. The lowest BCUT2D eigenvalue weighted by molar-refractivity contribution is -0.136. The average molecular weight is 671 g/mol. The number of methoxy groups -OCH3 is 1. The summed E-state index contributed by atoms with van der Waals surface area (Å²) in [6, 6.07) is 13.2. The van der Waals surface area contributed by atoms with Crippen LogP contribution in [0.3, 0.4) is 0 Å². The standard InChI is InChI=1S/C33H36ClFN4O8/c1-5-44-26-15-21(30-29(32(41)43-4)19(3)37-33(42)38-30)11-12-25(26)46-18-28(40)39-36-16-20-13-23(34)31(27(14-20)45-6-2)47-17-22-9-7-8-10-24(22)35/h7-16,28,30,39-40H,5-6,17-18H2,1-4H3,(H2,37,38,42)/b36-16-/t28-,30+/m1/s1. The van der Waals surface area contributed by atoms with Crippen LogP contribution in [0.1, 0.15) is 43.5 Å². The summed E-state index contributed by atoms with van der Waals surface area (Å²) in [5, 5.41) is 20.1. The number of rotatable bonds is 15. The molecule has 2 atom stereocenters. The van der Waals surface area contributed by atoms with E-state index in [-0.39, 0.29) is 35.4 Å². The van der Waals surface area contributed by atoms with Gasteiger partial charge in [0.2, 0.25) is 0 Å². The molecule has 0 saturated heterocycles. The second kappa shape index (κ2) is 16.5. The summed E-state index contributed by atoms with van der Waals surface area (Å²) in [6.07, 6.45) is 0.214. The molecule has 0 aliphatic carbocycles. The minimum atomic E-state index is -1.22. The number of halogens is 2. The summed E-state index contributed by atoms with van der Waals surface area (Å²) in [5.41, 5.74) is 4.69. The molecule has 0 aromatic heterocycles. The zero-order chi connectivity index (χ0) is 33.9. The highest BCUT2D eigenvalue weighted by molar-refractivity contribution is 6.32. The molecule has 0 saturated carbocycles. The van der Waals surface area contributed by atoms with Gasteiger partial charge in [0.05, 0.1) is 43.2 Å². The Hall–Kier alpha value is -5.01. The summed E-state index contributed by atoms with van der Waals surface area (Å²) >= 11 is 6.47. The zero-order valence-corrected chi connectivity index (χ0v) is 27.0. The highest BCUT2D eigenvalue weighted by atomic mass is 35.5. The van der Waals surface area contributed by atoms with Gasteiger partial charge in [0.25, 0.3) is 0 Å². The Morgan fingerprint density at radius 2 is 1.81 bits per heavy atom. The third-order valence-corrected chi connectivity index (χ3v) is 7.05. The maximum Gasteiger partial charge on any atom is 0.337 e. The van der Waals surface area contributed by atoms with Crippen LogP contribution in [0, 0.1) is 5.82 Å². The van der Waals surface area contributed by atoms with Crippen LogP contribution in [0.4, 0.5) is 9.18 Å². The van der Waals surface area contributed by atoms with Gasteiger partial charge in [0.1, 0.15) is 19.0 Å². The largest absolute Gasteiger partial charge is 0.490 e. The van der Waals surface area contributed by atoms with E-state index in [9.17, 15) is 19.1 Å². The third kappa shape index (κ3) is 9.05. The summed E-state index contributed by atoms with van der Waals surface area (Å²) in [7, 11) is 1.26. The first-order chi connectivity index (χ1) is 22.6. The van der Waals surface area contributed by atoms with E-state index < -0.39 is 24.3 Å². The predicted octanol–water partition coefficient (Wildman–Crippen LogP) is 4.98. The molecule has 0 spiro atoms. The van der Waals surface area contributed by atoms with E-state index in [4.69, 9.17) is 35.3 Å². The van der Waals surface area contributed by atoms with Crippen LogP contribution in [0.25, 0.3) is 0 Å². The summed E-state index contributed by atoms with van der Waals surface area (Å²) < 4.78 is 42.0. The molecule has 3 aromatic carbocycles. The molecule has 3 aromatic rings. The lowest BCUT2D eigenvalue weighted by Crippen LogP contribution is -2.45.